The Labute approximate surface area is 100 Å². The lowest BCUT2D eigenvalue weighted by molar-refractivity contribution is 0.346. The van der Waals surface area contributed by atoms with Crippen LogP contribution in [0.15, 0.2) is 24.3 Å². The summed E-state index contributed by atoms with van der Waals surface area (Å²) >= 11 is 2.39. The van der Waals surface area contributed by atoms with Crippen LogP contribution in [0.1, 0.15) is 26.3 Å². The molecule has 1 unspecified atom stereocenters. The van der Waals surface area contributed by atoms with Crippen LogP contribution in [0.4, 0.5) is 0 Å². The first kappa shape index (κ1) is 12.0. The van der Waals surface area contributed by atoms with Crippen LogP contribution >= 0.6 is 22.6 Å². The summed E-state index contributed by atoms with van der Waals surface area (Å²) in [7, 11) is 0. The van der Waals surface area contributed by atoms with Gasteiger partial charge in [0.05, 0.1) is 0 Å². The highest BCUT2D eigenvalue weighted by molar-refractivity contribution is 14.1. The minimum atomic E-state index is 0.0950. The zero-order chi connectivity index (χ0) is 10.8. The van der Waals surface area contributed by atoms with Gasteiger partial charge in [-0.25, -0.2) is 0 Å². The number of benzene rings is 1. The molecule has 0 aliphatic rings. The third-order valence-corrected chi connectivity index (χ3v) is 4.13. The van der Waals surface area contributed by atoms with Crippen LogP contribution in [0.5, 0.6) is 0 Å². The number of rotatable bonds is 3. The van der Waals surface area contributed by atoms with E-state index >= 15 is 0 Å². The van der Waals surface area contributed by atoms with E-state index in [0.717, 1.165) is 0 Å². The number of hydrogen-bond donors (Lipinski definition) is 1. The summed E-state index contributed by atoms with van der Waals surface area (Å²) in [6.07, 6.45) is 0. The van der Waals surface area contributed by atoms with Gasteiger partial charge in [0.25, 0.3) is 0 Å². The highest BCUT2D eigenvalue weighted by Gasteiger charge is 2.30. The van der Waals surface area contributed by atoms with E-state index in [0.29, 0.717) is 12.5 Å². The van der Waals surface area contributed by atoms with E-state index in [1.807, 2.05) is 0 Å². The van der Waals surface area contributed by atoms with Crippen LogP contribution in [0.3, 0.4) is 0 Å². The van der Waals surface area contributed by atoms with E-state index in [1.165, 1.54) is 9.13 Å². The van der Waals surface area contributed by atoms with Gasteiger partial charge >= 0.3 is 0 Å². The van der Waals surface area contributed by atoms with Gasteiger partial charge in [0.15, 0.2) is 0 Å². The molecule has 1 nitrogen and oxygen atoms in total. The lowest BCUT2D eigenvalue weighted by Crippen LogP contribution is -2.37. The fourth-order valence-corrected chi connectivity index (χ4v) is 2.58. The molecule has 0 radical (unpaired) electrons. The fourth-order valence-electron chi connectivity index (χ4n) is 1.58. The van der Waals surface area contributed by atoms with Gasteiger partial charge < -0.3 is 5.73 Å². The lowest BCUT2D eigenvalue weighted by Gasteiger charge is -2.33. The van der Waals surface area contributed by atoms with Crippen LogP contribution in [0, 0.1) is 9.49 Å². The van der Waals surface area contributed by atoms with Crippen LogP contribution in [-0.4, -0.2) is 6.54 Å². The molecule has 1 aromatic carbocycles. The number of halogens is 1. The maximum atomic E-state index is 5.91. The van der Waals surface area contributed by atoms with Gasteiger partial charge in [-0.1, -0.05) is 39.0 Å². The Hall–Kier alpha value is -0.0900. The Morgan fingerprint density at radius 3 is 2.36 bits per heavy atom. The smallest absolute Gasteiger partial charge is 0.0168 e. The molecule has 0 saturated carbocycles. The van der Waals surface area contributed by atoms with Crippen molar-refractivity contribution in [1.82, 2.24) is 0 Å². The van der Waals surface area contributed by atoms with Gasteiger partial charge in [-0.3, -0.25) is 0 Å². The largest absolute Gasteiger partial charge is 0.330 e. The molecule has 0 fully saturated rings. The Morgan fingerprint density at radius 2 is 1.93 bits per heavy atom. The minimum Gasteiger partial charge on any atom is -0.330 e. The lowest BCUT2D eigenvalue weighted by atomic mass is 9.73. The maximum Gasteiger partial charge on any atom is 0.0168 e. The molecule has 0 heterocycles. The summed E-state index contributed by atoms with van der Waals surface area (Å²) in [4.78, 5) is 0. The third-order valence-electron chi connectivity index (χ3n) is 3.19. The predicted molar refractivity (Wildman–Crippen MR) is 70.4 cm³/mol. The van der Waals surface area contributed by atoms with Crippen LogP contribution in [0.2, 0.25) is 0 Å². The molecular weight excluding hydrogens is 285 g/mol. The van der Waals surface area contributed by atoms with Crippen molar-refractivity contribution in [1.29, 1.82) is 0 Å². The molecule has 1 rings (SSSR count). The van der Waals surface area contributed by atoms with Crippen molar-refractivity contribution in [2.45, 2.75) is 26.2 Å². The summed E-state index contributed by atoms with van der Waals surface area (Å²) in [5.74, 6) is 0.559. The topological polar surface area (TPSA) is 26.0 Å². The molecule has 0 aliphatic heterocycles. The molecule has 0 aliphatic carbocycles. The first-order valence-electron chi connectivity index (χ1n) is 4.97. The molecule has 0 amide bonds. The Balaban J connectivity index is 3.19. The monoisotopic (exact) mass is 303 g/mol. The standard InChI is InChI=1S/C12H18IN/c1-9(2)12(3,8-14)10-6-4-5-7-11(10)13/h4-7,9H,8,14H2,1-3H3. The first-order valence-corrected chi connectivity index (χ1v) is 6.05. The molecule has 14 heavy (non-hydrogen) atoms. The Bertz CT molecular complexity index is 309. The first-order chi connectivity index (χ1) is 6.52. The van der Waals surface area contributed by atoms with Crippen molar-refractivity contribution < 1.29 is 0 Å². The van der Waals surface area contributed by atoms with Gasteiger partial charge in [0, 0.05) is 15.5 Å². The fraction of sp³-hybridized carbons (Fsp3) is 0.500. The molecule has 1 atom stereocenters. The van der Waals surface area contributed by atoms with Gasteiger partial charge in [-0.05, 0) is 40.1 Å². The zero-order valence-corrected chi connectivity index (χ0v) is 11.2. The molecule has 1 aromatic rings. The number of hydrogen-bond acceptors (Lipinski definition) is 1. The van der Waals surface area contributed by atoms with Crippen LogP contribution < -0.4 is 5.73 Å². The molecule has 78 valence electrons. The molecular formula is C12H18IN. The molecule has 0 aromatic heterocycles. The molecule has 2 heteroatoms. The molecule has 2 N–H and O–H groups in total. The third kappa shape index (κ3) is 2.11. The molecule has 0 saturated heterocycles. The SMILES string of the molecule is CC(C)C(C)(CN)c1ccccc1I. The van der Waals surface area contributed by atoms with Gasteiger partial charge in [0.2, 0.25) is 0 Å². The molecule has 0 spiro atoms. The van der Waals surface area contributed by atoms with Crippen molar-refractivity contribution in [2.24, 2.45) is 11.7 Å². The molecule has 0 bridgehead atoms. The average Bonchev–Trinajstić information content (AvgIpc) is 2.17. The minimum absolute atomic E-state index is 0.0950. The summed E-state index contributed by atoms with van der Waals surface area (Å²) < 4.78 is 1.31. The number of nitrogens with two attached hydrogens (primary N) is 1. The Morgan fingerprint density at radius 1 is 1.36 bits per heavy atom. The van der Waals surface area contributed by atoms with Gasteiger partial charge in [-0.2, -0.15) is 0 Å². The highest BCUT2D eigenvalue weighted by Crippen LogP contribution is 2.33. The van der Waals surface area contributed by atoms with E-state index in [4.69, 9.17) is 5.73 Å². The van der Waals surface area contributed by atoms with Crippen molar-refractivity contribution in [3.05, 3.63) is 33.4 Å². The quantitative estimate of drug-likeness (QED) is 0.853. The maximum absolute atomic E-state index is 5.91. The van der Waals surface area contributed by atoms with E-state index in [-0.39, 0.29) is 5.41 Å². The van der Waals surface area contributed by atoms with Crippen LogP contribution in [0.25, 0.3) is 0 Å². The van der Waals surface area contributed by atoms with E-state index < -0.39 is 0 Å². The normalized spacial score (nSPS) is 15.6. The predicted octanol–water partition coefficient (Wildman–Crippen LogP) is 3.16. The summed E-state index contributed by atoms with van der Waals surface area (Å²) in [5, 5.41) is 0. The second-order valence-electron chi connectivity index (χ2n) is 4.26. The van der Waals surface area contributed by atoms with E-state index in [2.05, 4.69) is 67.6 Å². The second-order valence-corrected chi connectivity index (χ2v) is 5.42. The second kappa shape index (κ2) is 4.62. The summed E-state index contributed by atoms with van der Waals surface area (Å²) in [5.41, 5.74) is 7.37. The van der Waals surface area contributed by atoms with Gasteiger partial charge in [0.1, 0.15) is 0 Å². The summed E-state index contributed by atoms with van der Waals surface area (Å²) in [6, 6.07) is 8.50. The zero-order valence-electron chi connectivity index (χ0n) is 9.05. The summed E-state index contributed by atoms with van der Waals surface area (Å²) in [6.45, 7) is 7.41. The van der Waals surface area contributed by atoms with E-state index in [9.17, 15) is 0 Å². The van der Waals surface area contributed by atoms with Crippen molar-refractivity contribution in [3.8, 4) is 0 Å². The average molecular weight is 303 g/mol. The van der Waals surface area contributed by atoms with E-state index in [1.54, 1.807) is 0 Å². The Kier molecular flexibility index (Phi) is 3.95. The van der Waals surface area contributed by atoms with Crippen molar-refractivity contribution in [3.63, 3.8) is 0 Å². The van der Waals surface area contributed by atoms with Gasteiger partial charge in [-0.15, -0.1) is 0 Å². The highest BCUT2D eigenvalue weighted by atomic mass is 127. The van der Waals surface area contributed by atoms with Crippen molar-refractivity contribution >= 4 is 22.6 Å². The van der Waals surface area contributed by atoms with Crippen LogP contribution in [-0.2, 0) is 5.41 Å². The van der Waals surface area contributed by atoms with Crippen molar-refractivity contribution in [2.75, 3.05) is 6.54 Å².